The molecule has 0 atom stereocenters. The first kappa shape index (κ1) is 21.6. The number of aromatic nitrogens is 1. The monoisotopic (exact) mass is 496 g/mol. The van der Waals surface area contributed by atoms with E-state index in [0.717, 1.165) is 13.1 Å². The fraction of sp³-hybridized carbons (Fsp3) is 0.269. The largest absolute Gasteiger partial charge is 1.00 e. The van der Waals surface area contributed by atoms with Crippen LogP contribution in [0.15, 0.2) is 66.5 Å². The summed E-state index contributed by atoms with van der Waals surface area (Å²) in [6, 6.07) is 17.7. The molecule has 150 valence electrons. The Morgan fingerprint density at radius 2 is 1.83 bits per heavy atom. The number of hydrogen-bond acceptors (Lipinski definition) is 1. The highest BCUT2D eigenvalue weighted by Gasteiger charge is 2.18. The van der Waals surface area contributed by atoms with E-state index in [-0.39, 0.29) is 24.0 Å². The summed E-state index contributed by atoms with van der Waals surface area (Å²) in [6.45, 7) is 8.65. The van der Waals surface area contributed by atoms with E-state index in [9.17, 15) is 0 Å². The molecule has 0 spiro atoms. The number of allylic oxidation sites excluding steroid dienone is 1. The van der Waals surface area contributed by atoms with Crippen LogP contribution in [-0.2, 0) is 6.54 Å². The van der Waals surface area contributed by atoms with Crippen molar-refractivity contribution in [2.45, 2.75) is 40.2 Å². The number of pyridine rings is 1. The van der Waals surface area contributed by atoms with Crippen molar-refractivity contribution in [2.24, 2.45) is 0 Å². The van der Waals surface area contributed by atoms with Gasteiger partial charge < -0.3 is 28.9 Å². The molecular weight excluding hydrogens is 467 g/mol. The van der Waals surface area contributed by atoms with Gasteiger partial charge in [-0.25, -0.2) is 0 Å². The van der Waals surface area contributed by atoms with Crippen LogP contribution in [0.5, 0.6) is 0 Å². The van der Waals surface area contributed by atoms with Gasteiger partial charge in [0.2, 0.25) is 5.52 Å². The minimum absolute atomic E-state index is 0. The maximum absolute atomic E-state index is 2.47. The van der Waals surface area contributed by atoms with E-state index >= 15 is 0 Å². The van der Waals surface area contributed by atoms with Crippen molar-refractivity contribution in [2.75, 3.05) is 11.4 Å². The first-order valence-electron chi connectivity index (χ1n) is 10.4. The third kappa shape index (κ3) is 4.40. The molecule has 0 radical (unpaired) electrons. The number of hydrogen-bond donors (Lipinski definition) is 0. The lowest BCUT2D eigenvalue weighted by Gasteiger charge is -2.30. The van der Waals surface area contributed by atoms with Gasteiger partial charge in [-0.15, -0.1) is 0 Å². The quantitative estimate of drug-likeness (QED) is 0.389. The predicted octanol–water partition coefficient (Wildman–Crippen LogP) is 3.13. The van der Waals surface area contributed by atoms with Crippen LogP contribution < -0.4 is 33.4 Å². The molecule has 0 amide bonds. The van der Waals surface area contributed by atoms with Gasteiger partial charge in [-0.3, -0.25) is 0 Å². The molecule has 3 aromatic rings. The maximum Gasteiger partial charge on any atom is 0.213 e. The average molecular weight is 496 g/mol. The number of para-hydroxylation sites is 1. The van der Waals surface area contributed by atoms with Gasteiger partial charge in [0.25, 0.3) is 0 Å². The molecule has 0 saturated carbocycles. The summed E-state index contributed by atoms with van der Waals surface area (Å²) in [5.74, 6) is 0. The van der Waals surface area contributed by atoms with Crippen LogP contribution in [0.25, 0.3) is 23.1 Å². The molecule has 1 aromatic heterocycles. The standard InChI is InChI=1S/C26H29N2.HI/c1-4-6-16-28-23(13-12-21-9-7-8-10-25(21)28)19-22-15-17-27(5-2)26-14-11-20(3)18-24(22)26;/h7-15,17-19H,4-6,16H2,1-3H3;1H/q+1;/p-1. The van der Waals surface area contributed by atoms with Crippen LogP contribution in [0.2, 0.25) is 0 Å². The third-order valence-corrected chi connectivity index (χ3v) is 5.56. The summed E-state index contributed by atoms with van der Waals surface area (Å²) in [7, 11) is 0. The number of unbranched alkanes of at least 4 members (excludes halogenated alkanes) is 1. The van der Waals surface area contributed by atoms with Crippen molar-refractivity contribution in [1.82, 2.24) is 0 Å². The topological polar surface area (TPSA) is 7.12 Å². The van der Waals surface area contributed by atoms with Gasteiger partial charge in [0.1, 0.15) is 6.54 Å². The van der Waals surface area contributed by atoms with E-state index in [1.54, 1.807) is 0 Å². The van der Waals surface area contributed by atoms with E-state index in [2.05, 4.69) is 103 Å². The van der Waals surface area contributed by atoms with Gasteiger partial charge in [0.15, 0.2) is 6.20 Å². The molecule has 1 aliphatic heterocycles. The molecule has 0 N–H and O–H groups in total. The lowest BCUT2D eigenvalue weighted by molar-refractivity contribution is -0.667. The Balaban J connectivity index is 0.00000240. The first-order valence-corrected chi connectivity index (χ1v) is 10.4. The summed E-state index contributed by atoms with van der Waals surface area (Å²) in [6.07, 6.45) is 11.4. The molecule has 0 bridgehead atoms. The Morgan fingerprint density at radius 3 is 2.62 bits per heavy atom. The number of rotatable bonds is 5. The zero-order valence-electron chi connectivity index (χ0n) is 17.5. The highest BCUT2D eigenvalue weighted by molar-refractivity contribution is 5.89. The second-order valence-corrected chi connectivity index (χ2v) is 7.54. The van der Waals surface area contributed by atoms with Gasteiger partial charge in [-0.2, -0.15) is 4.57 Å². The lowest BCUT2D eigenvalue weighted by atomic mass is 10.0. The molecule has 29 heavy (non-hydrogen) atoms. The molecule has 2 nitrogen and oxygen atoms in total. The summed E-state index contributed by atoms with van der Waals surface area (Å²) in [5.41, 5.74) is 7.75. The van der Waals surface area contributed by atoms with E-state index in [0.29, 0.717) is 0 Å². The van der Waals surface area contributed by atoms with Crippen LogP contribution in [-0.4, -0.2) is 6.54 Å². The lowest BCUT2D eigenvalue weighted by Crippen LogP contribution is -3.00. The molecule has 3 heteroatoms. The van der Waals surface area contributed by atoms with Crippen molar-refractivity contribution in [1.29, 1.82) is 0 Å². The second kappa shape index (κ2) is 9.57. The van der Waals surface area contributed by atoms with E-state index in [4.69, 9.17) is 0 Å². The zero-order chi connectivity index (χ0) is 19.5. The number of nitrogens with zero attached hydrogens (tertiary/aromatic N) is 2. The molecule has 0 saturated heterocycles. The van der Waals surface area contributed by atoms with Crippen molar-refractivity contribution >= 4 is 28.7 Å². The van der Waals surface area contributed by atoms with Crippen molar-refractivity contribution in [3.05, 3.63) is 83.2 Å². The average Bonchev–Trinajstić information content (AvgIpc) is 2.73. The predicted molar refractivity (Wildman–Crippen MR) is 120 cm³/mol. The highest BCUT2D eigenvalue weighted by Crippen LogP contribution is 2.32. The van der Waals surface area contributed by atoms with Crippen molar-refractivity contribution in [3.8, 4) is 0 Å². The Labute approximate surface area is 191 Å². The van der Waals surface area contributed by atoms with Crippen LogP contribution in [0.4, 0.5) is 5.69 Å². The van der Waals surface area contributed by atoms with Crippen molar-refractivity contribution < 1.29 is 28.5 Å². The van der Waals surface area contributed by atoms with Gasteiger partial charge in [0, 0.05) is 30.1 Å². The smallest absolute Gasteiger partial charge is 0.213 e. The molecular formula is C26H29IN2. The number of benzene rings is 2. The molecule has 0 fully saturated rings. The minimum Gasteiger partial charge on any atom is -1.00 e. The highest BCUT2D eigenvalue weighted by atomic mass is 127. The second-order valence-electron chi connectivity index (χ2n) is 7.54. The van der Waals surface area contributed by atoms with Crippen LogP contribution in [0, 0.1) is 6.92 Å². The molecule has 4 rings (SSSR count). The van der Waals surface area contributed by atoms with Crippen LogP contribution >= 0.6 is 0 Å². The first-order chi connectivity index (χ1) is 13.7. The number of anilines is 1. The minimum atomic E-state index is 0. The van der Waals surface area contributed by atoms with Crippen molar-refractivity contribution in [3.63, 3.8) is 0 Å². The van der Waals surface area contributed by atoms with Crippen LogP contribution in [0.3, 0.4) is 0 Å². The van der Waals surface area contributed by atoms with Gasteiger partial charge in [0.05, 0.1) is 5.39 Å². The fourth-order valence-electron chi connectivity index (χ4n) is 4.00. The number of aryl methyl sites for hydroxylation is 2. The van der Waals surface area contributed by atoms with E-state index in [1.165, 1.54) is 51.8 Å². The van der Waals surface area contributed by atoms with Gasteiger partial charge in [-0.05, 0) is 55.7 Å². The molecule has 0 unspecified atom stereocenters. The SMILES string of the molecule is CCCCN1/C(=C/c2cc[n+](CC)c3ccc(C)cc23)C=Cc2ccccc21.[I-]. The van der Waals surface area contributed by atoms with Crippen LogP contribution in [0.1, 0.15) is 43.4 Å². The van der Waals surface area contributed by atoms with E-state index in [1.807, 2.05) is 0 Å². The summed E-state index contributed by atoms with van der Waals surface area (Å²) < 4.78 is 2.32. The maximum atomic E-state index is 2.47. The summed E-state index contributed by atoms with van der Waals surface area (Å²) in [5, 5.41) is 1.32. The molecule has 0 aliphatic carbocycles. The third-order valence-electron chi connectivity index (χ3n) is 5.56. The Bertz CT molecular complexity index is 1070. The fourth-order valence-corrected chi connectivity index (χ4v) is 4.00. The molecule has 2 heterocycles. The normalized spacial score (nSPS) is 14.2. The summed E-state index contributed by atoms with van der Waals surface area (Å²) >= 11 is 0. The molecule has 1 aliphatic rings. The number of fused-ring (bicyclic) bond motifs is 2. The van der Waals surface area contributed by atoms with Gasteiger partial charge >= 0.3 is 0 Å². The number of halogens is 1. The van der Waals surface area contributed by atoms with E-state index < -0.39 is 0 Å². The zero-order valence-corrected chi connectivity index (χ0v) is 19.7. The Hall–Kier alpha value is -2.14. The van der Waals surface area contributed by atoms with Gasteiger partial charge in [-0.1, -0.05) is 49.2 Å². The molecule has 2 aromatic carbocycles. The summed E-state index contributed by atoms with van der Waals surface area (Å²) in [4.78, 5) is 2.47. The Kier molecular flexibility index (Phi) is 7.12. The Morgan fingerprint density at radius 1 is 1.00 bits per heavy atom.